The number of halogens is 3. The number of rotatable bonds is 4. The molecule has 12 N–H and O–H groups in total. The molecule has 25 nitrogen and oxygen atoms in total. The summed E-state index contributed by atoms with van der Waals surface area (Å²) in [6.45, 7) is 8.80. The summed E-state index contributed by atoms with van der Waals surface area (Å²) in [5.41, 5.74) is -5.09. The van der Waals surface area contributed by atoms with Gasteiger partial charge in [0.25, 0.3) is 33.4 Å². The van der Waals surface area contributed by atoms with Crippen molar-refractivity contribution in [1.82, 2.24) is 59.8 Å². The number of hydrogen-bond donors (Lipinski definition) is 12. The van der Waals surface area contributed by atoms with E-state index in [1.165, 1.54) is 37.1 Å². The number of nitrogens with zero attached hydrogens (tertiary/aromatic N) is 1. The number of aromatic nitrogens is 12. The molecule has 0 fully saturated rings. The lowest BCUT2D eigenvalue weighted by Gasteiger charge is -1.91. The third-order valence-electron chi connectivity index (χ3n) is 6.59. The number of nitriles is 1. The molecular formula is C37H32BrClIN13O12. The quantitative estimate of drug-likeness (QED) is 0.0571. The third kappa shape index (κ3) is 21.3. The second-order valence-electron chi connectivity index (χ2n) is 11.2. The molecule has 0 aliphatic heterocycles. The SMILES string of the molecule is C=C(Cl)c1c[nH]c(=O)[nH]c1=O.C=Cc1c[nH]c(=O)[nH]c1=O.CCCCC#Cc1c[nH]c(=O)[nH]c1=O.N#Cc1c[nH]c(=O)[nH]c1=O.O=c1[nH]cc(C#CBr)c(=O)[nH]1.O=c1[nH]cc(I)c(=O)[nH]1. The maximum atomic E-state index is 11.1. The molecule has 0 aliphatic carbocycles. The van der Waals surface area contributed by atoms with Crippen molar-refractivity contribution in [3.05, 3.63) is 207 Å². The van der Waals surface area contributed by atoms with E-state index in [1.54, 1.807) is 6.07 Å². The molecule has 0 saturated heterocycles. The van der Waals surface area contributed by atoms with E-state index in [4.69, 9.17) is 16.9 Å². The first-order valence-electron chi connectivity index (χ1n) is 17.3. The maximum Gasteiger partial charge on any atom is 0.325 e. The van der Waals surface area contributed by atoms with Gasteiger partial charge < -0.3 is 29.9 Å². The second kappa shape index (κ2) is 29.1. The lowest BCUT2D eigenvalue weighted by Crippen LogP contribution is -2.23. The van der Waals surface area contributed by atoms with Crippen molar-refractivity contribution in [2.24, 2.45) is 0 Å². The Labute approximate surface area is 386 Å². The van der Waals surface area contributed by atoms with Gasteiger partial charge in [0.15, 0.2) is 0 Å². The van der Waals surface area contributed by atoms with Crippen LogP contribution in [-0.4, -0.2) is 59.8 Å². The lowest BCUT2D eigenvalue weighted by atomic mass is 10.2. The topological polar surface area (TPSA) is 418 Å². The fourth-order valence-corrected chi connectivity index (χ4v) is 4.19. The summed E-state index contributed by atoms with van der Waals surface area (Å²) in [4.78, 5) is 156. The number of aromatic amines is 12. The molecule has 0 aromatic carbocycles. The number of unbranched alkanes of at least 4 members (excludes halogenated alkanes) is 2. The van der Waals surface area contributed by atoms with E-state index < -0.39 is 61.9 Å². The van der Waals surface area contributed by atoms with Crippen LogP contribution in [-0.2, 0) is 0 Å². The molecule has 0 spiro atoms. The molecule has 0 atom stereocenters. The van der Waals surface area contributed by atoms with Crippen LogP contribution in [0.3, 0.4) is 0 Å². The molecule has 0 saturated carbocycles. The van der Waals surface area contributed by atoms with Crippen molar-refractivity contribution < 1.29 is 0 Å². The number of hydrogen-bond acceptors (Lipinski definition) is 13. The lowest BCUT2D eigenvalue weighted by molar-refractivity contribution is 0.828. The minimum Gasteiger partial charge on any atom is -0.314 e. The van der Waals surface area contributed by atoms with Crippen LogP contribution in [0.2, 0.25) is 0 Å². The Hall–Kier alpha value is -8.33. The van der Waals surface area contributed by atoms with Crippen LogP contribution in [0.15, 0.2) is 108 Å². The van der Waals surface area contributed by atoms with Gasteiger partial charge in [-0.3, -0.25) is 58.7 Å². The van der Waals surface area contributed by atoms with Gasteiger partial charge in [0, 0.05) is 64.6 Å². The van der Waals surface area contributed by atoms with Crippen molar-refractivity contribution >= 4 is 61.2 Å². The van der Waals surface area contributed by atoms with Gasteiger partial charge in [-0.2, -0.15) is 5.26 Å². The highest BCUT2D eigenvalue weighted by Gasteiger charge is 2.01. The zero-order valence-electron chi connectivity index (χ0n) is 33.1. The summed E-state index contributed by atoms with van der Waals surface area (Å²) in [6.07, 6.45) is 11.8. The highest BCUT2D eigenvalue weighted by molar-refractivity contribution is 14.1. The Morgan fingerprint density at radius 3 is 1.38 bits per heavy atom. The average Bonchev–Trinajstić information content (AvgIpc) is 3.24. The van der Waals surface area contributed by atoms with Crippen LogP contribution in [0, 0.1) is 37.5 Å². The minimum atomic E-state index is -0.661. The minimum absolute atomic E-state index is 0.0976. The summed E-state index contributed by atoms with van der Waals surface area (Å²) < 4.78 is 0.479. The summed E-state index contributed by atoms with van der Waals surface area (Å²) in [5.74, 6) is 8.04. The van der Waals surface area contributed by atoms with Crippen LogP contribution >= 0.6 is 50.1 Å². The molecule has 6 aromatic heterocycles. The first-order valence-corrected chi connectivity index (χ1v) is 19.6. The Kier molecular flexibility index (Phi) is 24.4. The van der Waals surface area contributed by atoms with E-state index in [1.807, 2.05) is 37.5 Å². The van der Waals surface area contributed by atoms with Gasteiger partial charge in [0.1, 0.15) is 22.8 Å². The second-order valence-corrected chi connectivity index (χ2v) is 13.3. The van der Waals surface area contributed by atoms with Gasteiger partial charge in [0.2, 0.25) is 0 Å². The van der Waals surface area contributed by atoms with Gasteiger partial charge in [-0.05, 0) is 39.8 Å². The van der Waals surface area contributed by atoms with Crippen molar-refractivity contribution in [2.75, 3.05) is 0 Å². The van der Waals surface area contributed by atoms with E-state index in [9.17, 15) is 57.5 Å². The van der Waals surface area contributed by atoms with Gasteiger partial charge in [-0.25, -0.2) is 28.8 Å². The van der Waals surface area contributed by atoms with Crippen LogP contribution in [0.1, 0.15) is 54.0 Å². The zero-order valence-corrected chi connectivity index (χ0v) is 37.6. The third-order valence-corrected chi connectivity index (χ3v) is 7.80. The van der Waals surface area contributed by atoms with Crippen molar-refractivity contribution in [3.63, 3.8) is 0 Å². The molecule has 6 heterocycles. The van der Waals surface area contributed by atoms with Crippen molar-refractivity contribution in [2.45, 2.75) is 26.2 Å². The predicted molar refractivity (Wildman–Crippen MR) is 251 cm³/mol. The Morgan fingerprint density at radius 2 is 1.02 bits per heavy atom. The Balaban J connectivity index is 0.000000392. The molecule has 6 aromatic rings. The first kappa shape index (κ1) is 54.7. The van der Waals surface area contributed by atoms with Gasteiger partial charge in [-0.1, -0.05) is 56.0 Å². The average molecular weight is 1090 g/mol. The van der Waals surface area contributed by atoms with E-state index in [0.717, 1.165) is 25.5 Å². The molecule has 0 amide bonds. The summed E-state index contributed by atoms with van der Waals surface area (Å²) >= 11 is 10.1. The molecule has 0 radical (unpaired) electrons. The summed E-state index contributed by atoms with van der Waals surface area (Å²) in [5, 5.41) is 8.32. The standard InChI is InChI=1S/C10H12N2O2.C6H3BrN2O2.C6H5ClN2O2.C6H6N2O2.C5H3N3O2.C4H3IN2O2/c1-2-3-4-5-6-8-7-11-10(14)12-9(8)13;7-2-1-4-3-8-6(11)9-5(4)10;1-3(7)4-2-8-6(11)9-5(4)10;1-2-4-3-7-6(10)8-5(4)9;6-1-3-2-7-5(10)8-4(3)9;5-2-1-6-4(9)7-3(2)8/h7H,2-4H2,1H3,(H2,11,12,13,14);3H,(H2,8,9,10,11);2H,1H2,(H2,8,9,10,11);2-3H,1H2,(H2,7,8,9,10);2H,(H2,7,8,9,10);1H,(H2,6,7,8,9). The largest absolute Gasteiger partial charge is 0.325 e. The Morgan fingerprint density at radius 1 is 0.615 bits per heavy atom. The van der Waals surface area contributed by atoms with Crippen molar-refractivity contribution in [1.29, 1.82) is 5.26 Å². The fourth-order valence-electron chi connectivity index (χ4n) is 3.55. The summed E-state index contributed by atoms with van der Waals surface area (Å²) in [6, 6.07) is 1.61. The van der Waals surface area contributed by atoms with E-state index in [-0.39, 0.29) is 27.3 Å². The molecule has 0 aliphatic rings. The van der Waals surface area contributed by atoms with Gasteiger partial charge in [0.05, 0.1) is 14.7 Å². The molecule has 28 heteroatoms. The molecular weight excluding hydrogens is 1060 g/mol. The van der Waals surface area contributed by atoms with Gasteiger partial charge in [-0.15, -0.1) is 0 Å². The smallest absolute Gasteiger partial charge is 0.314 e. The monoisotopic (exact) mass is 1090 g/mol. The highest BCUT2D eigenvalue weighted by atomic mass is 127. The van der Waals surface area contributed by atoms with Crippen molar-refractivity contribution in [3.8, 4) is 28.7 Å². The van der Waals surface area contributed by atoms with Crippen LogP contribution in [0.4, 0.5) is 0 Å². The van der Waals surface area contributed by atoms with Crippen LogP contribution in [0.5, 0.6) is 0 Å². The molecule has 0 bridgehead atoms. The molecule has 6 rings (SSSR count). The maximum absolute atomic E-state index is 11.1. The van der Waals surface area contributed by atoms with Crippen LogP contribution in [0.25, 0.3) is 11.1 Å². The Bertz CT molecular complexity index is 3520. The van der Waals surface area contributed by atoms with Crippen LogP contribution < -0.4 is 67.5 Å². The van der Waals surface area contributed by atoms with E-state index in [0.29, 0.717) is 14.7 Å². The van der Waals surface area contributed by atoms with E-state index >= 15 is 0 Å². The predicted octanol–water partition coefficient (Wildman–Crippen LogP) is -1.05. The zero-order chi connectivity index (χ0) is 49.1. The normalized spacial score (nSPS) is 9.09. The summed E-state index contributed by atoms with van der Waals surface area (Å²) in [7, 11) is 0. The molecule has 65 heavy (non-hydrogen) atoms. The molecule has 0 unspecified atom stereocenters. The fraction of sp³-hybridized carbons (Fsp3) is 0.108. The first-order chi connectivity index (χ1) is 30.8. The molecule has 338 valence electrons. The van der Waals surface area contributed by atoms with E-state index in [2.05, 4.69) is 103 Å². The number of nitrogens with one attached hydrogen (secondary N) is 12. The number of H-pyrrole nitrogens is 12. The highest BCUT2D eigenvalue weighted by Crippen LogP contribution is 2.08. The van der Waals surface area contributed by atoms with Gasteiger partial charge >= 0.3 is 34.1 Å².